The van der Waals surface area contributed by atoms with Gasteiger partial charge in [0.1, 0.15) is 5.75 Å². The first-order chi connectivity index (χ1) is 10.7. The lowest BCUT2D eigenvalue weighted by atomic mass is 10.1. The molecule has 2 heterocycles. The quantitative estimate of drug-likeness (QED) is 0.860. The summed E-state index contributed by atoms with van der Waals surface area (Å²) in [5, 5.41) is 0. The molecule has 0 N–H and O–H groups in total. The Bertz CT molecular complexity index is 538. The molecule has 1 aromatic rings. The van der Waals surface area contributed by atoms with Crippen LogP contribution >= 0.6 is 0 Å². The third-order valence-electron chi connectivity index (χ3n) is 4.94. The van der Waals surface area contributed by atoms with Crippen molar-refractivity contribution < 1.29 is 9.53 Å². The minimum Gasteiger partial charge on any atom is -0.496 e. The molecule has 120 valence electrons. The highest BCUT2D eigenvalue weighted by Crippen LogP contribution is 2.25. The fourth-order valence-electron chi connectivity index (χ4n) is 3.67. The van der Waals surface area contributed by atoms with Crippen molar-refractivity contribution in [3.8, 4) is 5.75 Å². The maximum Gasteiger partial charge on any atom is 0.257 e. The van der Waals surface area contributed by atoms with Crippen molar-refractivity contribution in [1.29, 1.82) is 0 Å². The van der Waals surface area contributed by atoms with E-state index in [0.29, 0.717) is 17.4 Å². The van der Waals surface area contributed by atoms with Crippen LogP contribution in [-0.4, -0.2) is 55.0 Å². The molecular weight excluding hydrogens is 276 g/mol. The Labute approximate surface area is 133 Å². The zero-order chi connectivity index (χ0) is 15.5. The zero-order valence-corrected chi connectivity index (χ0v) is 13.7. The molecular formula is C18H26N2O2. The maximum absolute atomic E-state index is 12.8. The molecule has 3 rings (SSSR count). The van der Waals surface area contributed by atoms with Crippen LogP contribution in [0, 0.1) is 6.92 Å². The lowest BCUT2D eigenvalue weighted by molar-refractivity contribution is 0.0768. The number of likely N-dealkylation sites (tertiary alicyclic amines) is 2. The number of piperidine rings is 1. The van der Waals surface area contributed by atoms with Crippen LogP contribution in [0.2, 0.25) is 0 Å². The third-order valence-corrected chi connectivity index (χ3v) is 4.94. The van der Waals surface area contributed by atoms with Gasteiger partial charge in [0.2, 0.25) is 0 Å². The van der Waals surface area contributed by atoms with E-state index in [4.69, 9.17) is 4.74 Å². The predicted molar refractivity (Wildman–Crippen MR) is 87.5 cm³/mol. The first-order valence-corrected chi connectivity index (χ1v) is 8.37. The zero-order valence-electron chi connectivity index (χ0n) is 13.7. The van der Waals surface area contributed by atoms with Gasteiger partial charge in [-0.2, -0.15) is 0 Å². The molecule has 0 saturated carbocycles. The molecule has 1 aromatic carbocycles. The van der Waals surface area contributed by atoms with Crippen molar-refractivity contribution in [2.45, 2.75) is 38.6 Å². The summed E-state index contributed by atoms with van der Waals surface area (Å²) >= 11 is 0. The number of rotatable bonds is 3. The van der Waals surface area contributed by atoms with Crippen LogP contribution in [0.5, 0.6) is 5.75 Å². The minimum atomic E-state index is 0.111. The van der Waals surface area contributed by atoms with Crippen LogP contribution in [-0.2, 0) is 0 Å². The molecule has 4 nitrogen and oxygen atoms in total. The standard InChI is InChI=1S/C18H26N2O2/c1-14-6-7-17(22-2)16(12-14)18(21)20-11-8-15(13-20)19-9-4-3-5-10-19/h6-7,12,15H,3-5,8-11,13H2,1-2H3/t15-/m1/s1. The summed E-state index contributed by atoms with van der Waals surface area (Å²) in [5.74, 6) is 0.789. The lowest BCUT2D eigenvalue weighted by Gasteiger charge is -2.32. The molecule has 2 aliphatic heterocycles. The number of aryl methyl sites for hydroxylation is 1. The molecule has 2 aliphatic rings. The Hall–Kier alpha value is -1.55. The van der Waals surface area contributed by atoms with Crippen LogP contribution in [0.1, 0.15) is 41.6 Å². The summed E-state index contributed by atoms with van der Waals surface area (Å²) in [7, 11) is 1.63. The van der Waals surface area contributed by atoms with Crippen molar-refractivity contribution in [2.75, 3.05) is 33.3 Å². The Morgan fingerprint density at radius 3 is 2.68 bits per heavy atom. The van der Waals surface area contributed by atoms with Crippen LogP contribution in [0.25, 0.3) is 0 Å². The summed E-state index contributed by atoms with van der Waals surface area (Å²) in [4.78, 5) is 17.4. The fraction of sp³-hybridized carbons (Fsp3) is 0.611. The van der Waals surface area contributed by atoms with Gasteiger partial charge in [0, 0.05) is 19.1 Å². The second-order valence-corrected chi connectivity index (χ2v) is 6.49. The number of hydrogen-bond acceptors (Lipinski definition) is 3. The van der Waals surface area contributed by atoms with Gasteiger partial charge < -0.3 is 9.64 Å². The van der Waals surface area contributed by atoms with E-state index in [9.17, 15) is 4.79 Å². The van der Waals surface area contributed by atoms with Gasteiger partial charge in [0.25, 0.3) is 5.91 Å². The van der Waals surface area contributed by atoms with Crippen molar-refractivity contribution >= 4 is 5.91 Å². The van der Waals surface area contributed by atoms with E-state index < -0.39 is 0 Å². The van der Waals surface area contributed by atoms with E-state index in [1.807, 2.05) is 30.0 Å². The van der Waals surface area contributed by atoms with Gasteiger partial charge in [-0.25, -0.2) is 0 Å². The summed E-state index contributed by atoms with van der Waals surface area (Å²) in [6, 6.07) is 6.35. The van der Waals surface area contributed by atoms with Gasteiger partial charge in [-0.15, -0.1) is 0 Å². The molecule has 0 aromatic heterocycles. The van der Waals surface area contributed by atoms with Crippen LogP contribution < -0.4 is 4.74 Å². The smallest absolute Gasteiger partial charge is 0.257 e. The Morgan fingerprint density at radius 2 is 1.95 bits per heavy atom. The topological polar surface area (TPSA) is 32.8 Å². The number of carbonyl (C=O) groups excluding carboxylic acids is 1. The van der Waals surface area contributed by atoms with Gasteiger partial charge in [-0.3, -0.25) is 9.69 Å². The summed E-state index contributed by atoms with van der Waals surface area (Å²) < 4.78 is 5.37. The predicted octanol–water partition coefficient (Wildman–Crippen LogP) is 2.70. The average molecular weight is 302 g/mol. The highest BCUT2D eigenvalue weighted by molar-refractivity contribution is 5.97. The first kappa shape index (κ1) is 15.3. The third kappa shape index (κ3) is 3.12. The van der Waals surface area contributed by atoms with E-state index in [-0.39, 0.29) is 5.91 Å². The molecule has 22 heavy (non-hydrogen) atoms. The highest BCUT2D eigenvalue weighted by atomic mass is 16.5. The van der Waals surface area contributed by atoms with Gasteiger partial charge in [-0.05, 0) is 51.4 Å². The number of nitrogens with zero attached hydrogens (tertiary/aromatic N) is 2. The number of amides is 1. The molecule has 1 atom stereocenters. The van der Waals surface area contributed by atoms with E-state index in [1.165, 1.54) is 32.4 Å². The van der Waals surface area contributed by atoms with Crippen molar-refractivity contribution in [3.05, 3.63) is 29.3 Å². The van der Waals surface area contributed by atoms with Gasteiger partial charge >= 0.3 is 0 Å². The Balaban J connectivity index is 1.70. The number of hydrogen-bond donors (Lipinski definition) is 0. The summed E-state index contributed by atoms with van der Waals surface area (Å²) in [6.07, 6.45) is 5.05. The summed E-state index contributed by atoms with van der Waals surface area (Å²) in [6.45, 7) is 6.12. The van der Waals surface area contributed by atoms with E-state index >= 15 is 0 Å². The second kappa shape index (κ2) is 6.69. The van der Waals surface area contributed by atoms with Gasteiger partial charge in [-0.1, -0.05) is 18.1 Å². The first-order valence-electron chi connectivity index (χ1n) is 8.37. The molecule has 0 aliphatic carbocycles. The second-order valence-electron chi connectivity index (χ2n) is 6.49. The Morgan fingerprint density at radius 1 is 1.18 bits per heavy atom. The number of carbonyl (C=O) groups is 1. The molecule has 2 saturated heterocycles. The Kier molecular flexibility index (Phi) is 4.67. The van der Waals surface area contributed by atoms with E-state index in [1.54, 1.807) is 7.11 Å². The van der Waals surface area contributed by atoms with Crippen LogP contribution in [0.3, 0.4) is 0 Å². The number of benzene rings is 1. The lowest BCUT2D eigenvalue weighted by Crippen LogP contribution is -2.41. The highest BCUT2D eigenvalue weighted by Gasteiger charge is 2.32. The molecule has 1 amide bonds. The van der Waals surface area contributed by atoms with E-state index in [0.717, 1.165) is 25.1 Å². The largest absolute Gasteiger partial charge is 0.496 e. The molecule has 4 heteroatoms. The average Bonchev–Trinajstić information content (AvgIpc) is 3.05. The fourth-order valence-corrected chi connectivity index (χ4v) is 3.67. The molecule has 0 bridgehead atoms. The monoisotopic (exact) mass is 302 g/mol. The molecule has 2 fully saturated rings. The minimum absolute atomic E-state index is 0.111. The SMILES string of the molecule is COc1ccc(C)cc1C(=O)N1CC[C@@H](N2CCCCC2)C1. The van der Waals surface area contributed by atoms with Gasteiger partial charge in [0.05, 0.1) is 12.7 Å². The van der Waals surface area contributed by atoms with Crippen LogP contribution in [0.15, 0.2) is 18.2 Å². The van der Waals surface area contributed by atoms with Crippen molar-refractivity contribution in [3.63, 3.8) is 0 Å². The number of methoxy groups -OCH3 is 1. The molecule has 0 unspecified atom stereocenters. The van der Waals surface area contributed by atoms with Crippen molar-refractivity contribution in [2.24, 2.45) is 0 Å². The summed E-state index contributed by atoms with van der Waals surface area (Å²) in [5.41, 5.74) is 1.79. The number of ether oxygens (including phenoxy) is 1. The maximum atomic E-state index is 12.8. The van der Waals surface area contributed by atoms with Crippen molar-refractivity contribution in [1.82, 2.24) is 9.80 Å². The van der Waals surface area contributed by atoms with Gasteiger partial charge in [0.15, 0.2) is 0 Å². The molecule has 0 radical (unpaired) electrons. The molecule has 0 spiro atoms. The normalized spacial score (nSPS) is 22.8. The van der Waals surface area contributed by atoms with Crippen LogP contribution in [0.4, 0.5) is 0 Å². The van der Waals surface area contributed by atoms with E-state index in [2.05, 4.69) is 4.90 Å².